The lowest BCUT2D eigenvalue weighted by molar-refractivity contribution is 0.0859. The van der Waals surface area contributed by atoms with Crippen molar-refractivity contribution in [2.75, 3.05) is 0 Å². The van der Waals surface area contributed by atoms with Crippen molar-refractivity contribution in [3.05, 3.63) is 107 Å². The van der Waals surface area contributed by atoms with Crippen LogP contribution in [0.3, 0.4) is 0 Å². The van der Waals surface area contributed by atoms with E-state index in [2.05, 4.69) is 84.6 Å². The molecule has 0 fully saturated rings. The average molecular weight is 555 g/mol. The summed E-state index contributed by atoms with van der Waals surface area (Å²) in [6.45, 7) is 11.0. The Balaban J connectivity index is 1.40. The third-order valence-electron chi connectivity index (χ3n) is 8.10. The van der Waals surface area contributed by atoms with Crippen LogP contribution in [0.25, 0.3) is 44.6 Å². The lowest BCUT2D eigenvalue weighted by Crippen LogP contribution is -2.20. The highest BCUT2D eigenvalue weighted by molar-refractivity contribution is 6.05. The second kappa shape index (κ2) is 10.7. The molecule has 2 heterocycles. The van der Waals surface area contributed by atoms with E-state index in [0.717, 1.165) is 80.9 Å². The van der Waals surface area contributed by atoms with Crippen LogP contribution >= 0.6 is 0 Å². The summed E-state index contributed by atoms with van der Waals surface area (Å²) in [5.41, 5.74) is 10.1. The standard InChI is InChI=1S/C37H38N4O/c1-7-12-33-39-34-24(2)21-27(36-38-30-15-10-11-16-31(30)40(36)6)22-32(34)41(33)23-25-17-19-26(20-18-25)28-13-8-9-14-29(28)35(42)37(3,4)5/h8-11,13-22H,7,12,23H2,1-6H3. The number of aryl methyl sites for hydroxylation is 3. The van der Waals surface area contributed by atoms with Crippen LogP contribution in [-0.4, -0.2) is 24.9 Å². The Bertz CT molecular complexity index is 1930. The van der Waals surface area contributed by atoms with Crippen molar-refractivity contribution in [3.63, 3.8) is 0 Å². The smallest absolute Gasteiger partial charge is 0.168 e. The molecule has 0 spiro atoms. The minimum Gasteiger partial charge on any atom is -0.327 e. The van der Waals surface area contributed by atoms with Crippen molar-refractivity contribution in [2.45, 2.75) is 54.0 Å². The molecule has 0 saturated heterocycles. The summed E-state index contributed by atoms with van der Waals surface area (Å²) in [7, 11) is 2.08. The number of rotatable bonds is 7. The molecular weight excluding hydrogens is 516 g/mol. The number of ketones is 1. The number of hydrogen-bond acceptors (Lipinski definition) is 3. The molecule has 0 aliphatic heterocycles. The summed E-state index contributed by atoms with van der Waals surface area (Å²) >= 11 is 0. The fraction of sp³-hybridized carbons (Fsp3) is 0.270. The molecule has 5 heteroatoms. The molecule has 6 aromatic rings. The SMILES string of the molecule is CCCc1nc2c(C)cc(-c3nc4ccccc4n3C)cc2n1Cc1ccc(-c2ccccc2C(=O)C(C)(C)C)cc1. The summed E-state index contributed by atoms with van der Waals surface area (Å²) < 4.78 is 4.54. The third kappa shape index (κ3) is 4.94. The van der Waals surface area contributed by atoms with Crippen molar-refractivity contribution >= 4 is 27.9 Å². The molecular formula is C37H38N4O. The number of imidazole rings is 2. The van der Waals surface area contributed by atoms with E-state index in [1.54, 1.807) is 0 Å². The molecule has 0 amide bonds. The largest absolute Gasteiger partial charge is 0.327 e. The highest BCUT2D eigenvalue weighted by atomic mass is 16.1. The van der Waals surface area contributed by atoms with Crippen molar-refractivity contribution in [1.29, 1.82) is 0 Å². The lowest BCUT2D eigenvalue weighted by Gasteiger charge is -2.19. The van der Waals surface area contributed by atoms with Gasteiger partial charge in [-0.1, -0.05) is 88.4 Å². The number of carbonyl (C=O) groups is 1. The average Bonchev–Trinajstić information content (AvgIpc) is 3.50. The molecule has 0 atom stereocenters. The molecule has 4 aromatic carbocycles. The first-order chi connectivity index (χ1) is 20.2. The molecule has 0 N–H and O–H groups in total. The van der Waals surface area contributed by atoms with E-state index in [9.17, 15) is 4.79 Å². The Morgan fingerprint density at radius 1 is 0.833 bits per heavy atom. The molecule has 0 aliphatic carbocycles. The minimum atomic E-state index is -0.438. The molecule has 212 valence electrons. The summed E-state index contributed by atoms with van der Waals surface area (Å²) in [6.07, 6.45) is 1.94. The van der Waals surface area contributed by atoms with Gasteiger partial charge in [-0.05, 0) is 59.9 Å². The number of nitrogens with zero attached hydrogens (tertiary/aromatic N) is 4. The molecule has 0 unspecified atom stereocenters. The fourth-order valence-electron chi connectivity index (χ4n) is 5.87. The first kappa shape index (κ1) is 27.6. The minimum absolute atomic E-state index is 0.156. The molecule has 0 radical (unpaired) electrons. The Hall–Kier alpha value is -4.51. The van der Waals surface area contributed by atoms with E-state index in [1.165, 1.54) is 5.56 Å². The predicted molar refractivity (Wildman–Crippen MR) is 173 cm³/mol. The van der Waals surface area contributed by atoms with Crippen LogP contribution in [0.4, 0.5) is 0 Å². The van der Waals surface area contributed by atoms with Crippen LogP contribution in [0.15, 0.2) is 84.9 Å². The van der Waals surface area contributed by atoms with E-state index in [4.69, 9.17) is 9.97 Å². The maximum absolute atomic E-state index is 13.2. The van der Waals surface area contributed by atoms with Gasteiger partial charge in [0.2, 0.25) is 0 Å². The molecule has 5 nitrogen and oxygen atoms in total. The first-order valence-electron chi connectivity index (χ1n) is 14.8. The topological polar surface area (TPSA) is 52.7 Å². The Kier molecular flexibility index (Phi) is 7.05. The lowest BCUT2D eigenvalue weighted by atomic mass is 9.83. The van der Waals surface area contributed by atoms with E-state index >= 15 is 0 Å². The molecule has 0 aliphatic rings. The van der Waals surface area contributed by atoms with Crippen LogP contribution in [-0.2, 0) is 20.0 Å². The zero-order valence-electron chi connectivity index (χ0n) is 25.4. The highest BCUT2D eigenvalue weighted by Gasteiger charge is 2.25. The second-order valence-corrected chi connectivity index (χ2v) is 12.3. The van der Waals surface area contributed by atoms with Crippen molar-refractivity contribution in [2.24, 2.45) is 12.5 Å². The van der Waals surface area contributed by atoms with Crippen LogP contribution in [0, 0.1) is 12.3 Å². The molecule has 0 bridgehead atoms. The number of carbonyl (C=O) groups excluding carboxylic acids is 1. The van der Waals surface area contributed by atoms with E-state index in [-0.39, 0.29) is 5.78 Å². The van der Waals surface area contributed by atoms with Gasteiger partial charge < -0.3 is 9.13 Å². The van der Waals surface area contributed by atoms with E-state index < -0.39 is 5.41 Å². The third-order valence-corrected chi connectivity index (χ3v) is 8.10. The van der Waals surface area contributed by atoms with Gasteiger partial charge in [0, 0.05) is 36.6 Å². The van der Waals surface area contributed by atoms with Gasteiger partial charge in [-0.2, -0.15) is 0 Å². The first-order valence-corrected chi connectivity index (χ1v) is 14.8. The monoisotopic (exact) mass is 554 g/mol. The maximum atomic E-state index is 13.2. The van der Waals surface area contributed by atoms with Crippen molar-refractivity contribution in [3.8, 4) is 22.5 Å². The van der Waals surface area contributed by atoms with Gasteiger partial charge in [-0.3, -0.25) is 4.79 Å². The molecule has 2 aromatic heterocycles. The quantitative estimate of drug-likeness (QED) is 0.185. The summed E-state index contributed by atoms with van der Waals surface area (Å²) in [6, 6.07) is 29.3. The van der Waals surface area contributed by atoms with E-state index in [0.29, 0.717) is 0 Å². The number of hydrogen-bond donors (Lipinski definition) is 0. The van der Waals surface area contributed by atoms with Crippen LogP contribution in [0.5, 0.6) is 0 Å². The van der Waals surface area contributed by atoms with Gasteiger partial charge in [0.1, 0.15) is 11.6 Å². The molecule has 42 heavy (non-hydrogen) atoms. The van der Waals surface area contributed by atoms with E-state index in [1.807, 2.05) is 51.1 Å². The van der Waals surface area contributed by atoms with Crippen LogP contribution in [0.2, 0.25) is 0 Å². The number of benzene rings is 4. The Morgan fingerprint density at radius 3 is 2.26 bits per heavy atom. The fourth-order valence-corrected chi connectivity index (χ4v) is 5.87. The van der Waals surface area contributed by atoms with Gasteiger partial charge >= 0.3 is 0 Å². The van der Waals surface area contributed by atoms with Gasteiger partial charge in [0.05, 0.1) is 22.1 Å². The number of para-hydroxylation sites is 2. The normalized spacial score (nSPS) is 12.0. The summed E-state index contributed by atoms with van der Waals surface area (Å²) in [5, 5.41) is 0. The summed E-state index contributed by atoms with van der Waals surface area (Å²) in [4.78, 5) is 23.3. The highest BCUT2D eigenvalue weighted by Crippen LogP contribution is 2.32. The van der Waals surface area contributed by atoms with Gasteiger partial charge in [0.15, 0.2) is 5.78 Å². The number of Topliss-reactive ketones (excluding diaryl/α,β-unsaturated/α-hetero) is 1. The van der Waals surface area contributed by atoms with Gasteiger partial charge in [-0.25, -0.2) is 9.97 Å². The maximum Gasteiger partial charge on any atom is 0.168 e. The summed E-state index contributed by atoms with van der Waals surface area (Å²) in [5.74, 6) is 2.21. The zero-order valence-corrected chi connectivity index (χ0v) is 25.4. The van der Waals surface area contributed by atoms with Gasteiger partial charge in [0.25, 0.3) is 0 Å². The van der Waals surface area contributed by atoms with Crippen LogP contribution < -0.4 is 0 Å². The zero-order chi connectivity index (χ0) is 29.6. The number of aromatic nitrogens is 4. The Labute approximate surface area is 247 Å². The molecule has 6 rings (SSSR count). The number of fused-ring (bicyclic) bond motifs is 2. The predicted octanol–water partition coefficient (Wildman–Crippen LogP) is 8.80. The molecule has 0 saturated carbocycles. The van der Waals surface area contributed by atoms with Crippen molar-refractivity contribution in [1.82, 2.24) is 19.1 Å². The Morgan fingerprint density at radius 2 is 1.55 bits per heavy atom. The van der Waals surface area contributed by atoms with Crippen molar-refractivity contribution < 1.29 is 4.79 Å². The van der Waals surface area contributed by atoms with Gasteiger partial charge in [-0.15, -0.1) is 0 Å². The second-order valence-electron chi connectivity index (χ2n) is 12.3. The van der Waals surface area contributed by atoms with Crippen LogP contribution in [0.1, 0.15) is 61.4 Å².